The standard InChI is InChI=1S/C19H26N4O2/c1-16(13-23-8-4-7-20-23)19(25)22-11-9-21(10-12-22)14-17-5-2-3-6-18(17)15-24/h2-8,16,24H,9-15H2,1H3. The average molecular weight is 342 g/mol. The number of hydrogen-bond acceptors (Lipinski definition) is 4. The summed E-state index contributed by atoms with van der Waals surface area (Å²) in [5, 5.41) is 13.6. The van der Waals surface area contributed by atoms with E-state index in [1.54, 1.807) is 6.20 Å². The summed E-state index contributed by atoms with van der Waals surface area (Å²) in [4.78, 5) is 16.9. The van der Waals surface area contributed by atoms with Crippen LogP contribution in [0.1, 0.15) is 18.1 Å². The molecule has 1 atom stereocenters. The van der Waals surface area contributed by atoms with Crippen molar-refractivity contribution >= 4 is 5.91 Å². The van der Waals surface area contributed by atoms with Gasteiger partial charge in [0.1, 0.15) is 0 Å². The van der Waals surface area contributed by atoms with Gasteiger partial charge in [-0.1, -0.05) is 31.2 Å². The lowest BCUT2D eigenvalue weighted by Crippen LogP contribution is -2.50. The molecule has 1 aromatic heterocycles. The highest BCUT2D eigenvalue weighted by atomic mass is 16.3. The molecule has 0 saturated carbocycles. The van der Waals surface area contributed by atoms with Crippen LogP contribution in [0.3, 0.4) is 0 Å². The summed E-state index contributed by atoms with van der Waals surface area (Å²) in [6.45, 7) is 6.71. The van der Waals surface area contributed by atoms with E-state index < -0.39 is 0 Å². The molecule has 1 fully saturated rings. The summed E-state index contributed by atoms with van der Waals surface area (Å²) < 4.78 is 1.81. The zero-order chi connectivity index (χ0) is 17.6. The van der Waals surface area contributed by atoms with Gasteiger partial charge in [0.15, 0.2) is 0 Å². The molecule has 1 aromatic carbocycles. The second kappa shape index (κ2) is 8.27. The predicted molar refractivity (Wildman–Crippen MR) is 95.6 cm³/mol. The first-order chi connectivity index (χ1) is 12.2. The fourth-order valence-corrected chi connectivity index (χ4v) is 3.31. The maximum atomic E-state index is 12.6. The Morgan fingerprint density at radius 1 is 1.16 bits per heavy atom. The van der Waals surface area contributed by atoms with Gasteiger partial charge < -0.3 is 10.0 Å². The fraction of sp³-hybridized carbons (Fsp3) is 0.474. The minimum absolute atomic E-state index is 0.0680. The number of carbonyl (C=O) groups excluding carboxylic acids is 1. The SMILES string of the molecule is CC(Cn1cccn1)C(=O)N1CCN(Cc2ccccc2CO)CC1. The Morgan fingerprint density at radius 2 is 1.88 bits per heavy atom. The van der Waals surface area contributed by atoms with Crippen LogP contribution in [0.4, 0.5) is 0 Å². The normalized spacial score (nSPS) is 16.8. The highest BCUT2D eigenvalue weighted by Crippen LogP contribution is 2.15. The van der Waals surface area contributed by atoms with Gasteiger partial charge in [0.25, 0.3) is 0 Å². The molecule has 1 N–H and O–H groups in total. The van der Waals surface area contributed by atoms with E-state index in [1.165, 1.54) is 0 Å². The molecule has 6 nitrogen and oxygen atoms in total. The van der Waals surface area contributed by atoms with Gasteiger partial charge in [-0.25, -0.2) is 0 Å². The largest absolute Gasteiger partial charge is 0.392 e. The van der Waals surface area contributed by atoms with Gasteiger partial charge in [0, 0.05) is 45.1 Å². The Labute approximate surface area is 148 Å². The van der Waals surface area contributed by atoms with Crippen LogP contribution < -0.4 is 0 Å². The number of amides is 1. The molecule has 0 bridgehead atoms. The van der Waals surface area contributed by atoms with Gasteiger partial charge in [-0.2, -0.15) is 5.10 Å². The summed E-state index contributed by atoms with van der Waals surface area (Å²) in [5.41, 5.74) is 2.14. The topological polar surface area (TPSA) is 61.6 Å². The van der Waals surface area contributed by atoms with Crippen molar-refractivity contribution in [2.75, 3.05) is 26.2 Å². The number of piperazine rings is 1. The van der Waals surface area contributed by atoms with Gasteiger partial charge in [0.05, 0.1) is 19.1 Å². The predicted octanol–water partition coefficient (Wildman–Crippen LogP) is 1.36. The van der Waals surface area contributed by atoms with Crippen LogP contribution >= 0.6 is 0 Å². The Morgan fingerprint density at radius 3 is 2.52 bits per heavy atom. The van der Waals surface area contributed by atoms with E-state index in [-0.39, 0.29) is 18.4 Å². The van der Waals surface area contributed by atoms with E-state index >= 15 is 0 Å². The fourth-order valence-electron chi connectivity index (χ4n) is 3.31. The number of aromatic nitrogens is 2. The highest BCUT2D eigenvalue weighted by Gasteiger charge is 2.25. The summed E-state index contributed by atoms with van der Waals surface area (Å²) in [6, 6.07) is 9.86. The van der Waals surface area contributed by atoms with Crippen LogP contribution in [-0.2, 0) is 24.5 Å². The molecular weight excluding hydrogens is 316 g/mol. The van der Waals surface area contributed by atoms with Crippen molar-refractivity contribution in [2.45, 2.75) is 26.6 Å². The molecule has 3 rings (SSSR count). The summed E-state index contributed by atoms with van der Waals surface area (Å²) in [6.07, 6.45) is 3.63. The van der Waals surface area contributed by atoms with E-state index in [9.17, 15) is 9.90 Å². The number of aliphatic hydroxyl groups excluding tert-OH is 1. The average Bonchev–Trinajstić information content (AvgIpc) is 3.15. The van der Waals surface area contributed by atoms with Gasteiger partial charge >= 0.3 is 0 Å². The molecule has 0 spiro atoms. The second-order valence-electron chi connectivity index (χ2n) is 6.66. The molecular formula is C19H26N4O2. The van der Waals surface area contributed by atoms with Crippen molar-refractivity contribution in [1.82, 2.24) is 19.6 Å². The summed E-state index contributed by atoms with van der Waals surface area (Å²) in [5.74, 6) is 0.132. The van der Waals surface area contributed by atoms with Crippen molar-refractivity contribution in [1.29, 1.82) is 0 Å². The van der Waals surface area contributed by atoms with Crippen LogP contribution in [0.25, 0.3) is 0 Å². The third-order valence-corrected chi connectivity index (χ3v) is 4.81. The number of benzene rings is 1. The first-order valence-electron chi connectivity index (χ1n) is 8.83. The molecule has 1 aliphatic rings. The van der Waals surface area contributed by atoms with Crippen molar-refractivity contribution in [2.24, 2.45) is 5.92 Å². The van der Waals surface area contributed by atoms with Crippen molar-refractivity contribution in [3.05, 3.63) is 53.9 Å². The van der Waals surface area contributed by atoms with E-state index in [0.717, 1.165) is 43.9 Å². The first-order valence-corrected chi connectivity index (χ1v) is 8.83. The molecule has 0 radical (unpaired) electrons. The van der Waals surface area contributed by atoms with E-state index in [0.29, 0.717) is 6.54 Å². The monoisotopic (exact) mass is 342 g/mol. The number of hydrogen-bond donors (Lipinski definition) is 1. The van der Waals surface area contributed by atoms with Crippen molar-refractivity contribution in [3.8, 4) is 0 Å². The molecule has 1 saturated heterocycles. The zero-order valence-electron chi connectivity index (χ0n) is 14.7. The van der Waals surface area contributed by atoms with Gasteiger partial charge in [0.2, 0.25) is 5.91 Å². The van der Waals surface area contributed by atoms with Crippen LogP contribution in [-0.4, -0.2) is 56.8 Å². The third kappa shape index (κ3) is 4.46. The van der Waals surface area contributed by atoms with Crippen LogP contribution in [0.15, 0.2) is 42.7 Å². The van der Waals surface area contributed by atoms with Crippen molar-refractivity contribution < 1.29 is 9.90 Å². The number of nitrogens with zero attached hydrogens (tertiary/aromatic N) is 4. The molecule has 1 aliphatic heterocycles. The molecule has 25 heavy (non-hydrogen) atoms. The zero-order valence-corrected chi connectivity index (χ0v) is 14.7. The quantitative estimate of drug-likeness (QED) is 0.861. The Kier molecular flexibility index (Phi) is 5.83. The van der Waals surface area contributed by atoms with Crippen LogP contribution in [0.5, 0.6) is 0 Å². The maximum Gasteiger partial charge on any atom is 0.227 e. The Hall–Kier alpha value is -2.18. The molecule has 134 valence electrons. The lowest BCUT2D eigenvalue weighted by Gasteiger charge is -2.36. The van der Waals surface area contributed by atoms with Gasteiger partial charge in [-0.05, 0) is 17.2 Å². The number of carbonyl (C=O) groups is 1. The highest BCUT2D eigenvalue weighted by molar-refractivity contribution is 5.78. The number of rotatable bonds is 6. The van der Waals surface area contributed by atoms with Crippen molar-refractivity contribution in [3.63, 3.8) is 0 Å². The molecule has 2 heterocycles. The molecule has 2 aromatic rings. The third-order valence-electron chi connectivity index (χ3n) is 4.81. The lowest BCUT2D eigenvalue weighted by atomic mass is 10.1. The molecule has 1 unspecified atom stereocenters. The van der Waals surface area contributed by atoms with Gasteiger partial charge in [-0.15, -0.1) is 0 Å². The lowest BCUT2D eigenvalue weighted by molar-refractivity contribution is -0.137. The van der Waals surface area contributed by atoms with Crippen LogP contribution in [0, 0.1) is 5.92 Å². The van der Waals surface area contributed by atoms with E-state index in [1.807, 2.05) is 47.0 Å². The first kappa shape index (κ1) is 17.6. The molecule has 6 heteroatoms. The molecule has 0 aliphatic carbocycles. The summed E-state index contributed by atoms with van der Waals surface area (Å²) in [7, 11) is 0. The van der Waals surface area contributed by atoms with Gasteiger partial charge in [-0.3, -0.25) is 14.4 Å². The summed E-state index contributed by atoms with van der Waals surface area (Å²) >= 11 is 0. The number of aliphatic hydroxyl groups is 1. The minimum Gasteiger partial charge on any atom is -0.392 e. The molecule has 1 amide bonds. The van der Waals surface area contributed by atoms with Crippen LogP contribution in [0.2, 0.25) is 0 Å². The maximum absolute atomic E-state index is 12.6. The Balaban J connectivity index is 1.50. The second-order valence-corrected chi connectivity index (χ2v) is 6.66. The minimum atomic E-state index is -0.0680. The van der Waals surface area contributed by atoms with E-state index in [2.05, 4.69) is 16.1 Å². The Bertz CT molecular complexity index is 678. The van der Waals surface area contributed by atoms with E-state index in [4.69, 9.17) is 0 Å². The smallest absolute Gasteiger partial charge is 0.227 e.